The highest BCUT2D eigenvalue weighted by Gasteiger charge is 2.24. The van der Waals surface area contributed by atoms with Crippen molar-refractivity contribution in [2.45, 2.75) is 48.9 Å². The van der Waals surface area contributed by atoms with Gasteiger partial charge in [0.15, 0.2) is 0 Å². The number of hydrogen-bond donors (Lipinski definition) is 1. The van der Waals surface area contributed by atoms with Gasteiger partial charge in [-0.1, -0.05) is 37.2 Å². The molecule has 29 heavy (non-hydrogen) atoms. The van der Waals surface area contributed by atoms with Gasteiger partial charge in [-0.25, -0.2) is 0 Å². The molecule has 0 saturated carbocycles. The van der Waals surface area contributed by atoms with E-state index in [1.807, 2.05) is 36.4 Å². The lowest BCUT2D eigenvalue weighted by molar-refractivity contribution is 0.0941. The number of nitrogens with zero attached hydrogens (tertiary/aromatic N) is 2. The molecule has 0 spiro atoms. The number of likely N-dealkylation sites (tertiary alicyclic amines) is 1. The molecule has 1 atom stereocenters. The maximum absolute atomic E-state index is 12.8. The molecule has 2 heterocycles. The van der Waals surface area contributed by atoms with Crippen LogP contribution in [0.3, 0.4) is 0 Å². The summed E-state index contributed by atoms with van der Waals surface area (Å²) in [5, 5.41) is 3.84. The molecule has 1 fully saturated rings. The molecule has 1 amide bonds. The molecule has 4 nitrogen and oxygen atoms in total. The van der Waals surface area contributed by atoms with Crippen LogP contribution >= 0.6 is 23.4 Å². The number of carbonyl (C=O) groups excluding carboxylic acids is 1. The first kappa shape index (κ1) is 20.5. The summed E-state index contributed by atoms with van der Waals surface area (Å²) in [6, 6.07) is 12.2. The summed E-state index contributed by atoms with van der Waals surface area (Å²) in [5.74, 6) is -0.0289. The van der Waals surface area contributed by atoms with E-state index >= 15 is 0 Å². The first-order chi connectivity index (χ1) is 14.1. The number of carbonyl (C=O) groups is 1. The molecule has 1 saturated heterocycles. The van der Waals surface area contributed by atoms with Gasteiger partial charge in [-0.05, 0) is 68.8 Å². The van der Waals surface area contributed by atoms with Crippen molar-refractivity contribution in [2.75, 3.05) is 19.6 Å². The van der Waals surface area contributed by atoms with E-state index in [1.54, 1.807) is 11.8 Å². The molecular formula is C23H26ClN3OS. The standard InChI is InChI=1S/C23H26ClN3OS/c1-3-19-18-13-16(24)8-10-21(18)29-22-9-7-15(12-20(22)26-19)23(28)25-14-17-6-5-11-27(17)4-2/h7-10,12-13,17H,3-6,11,14H2,1-2H3,(H,25,28). The van der Waals surface area contributed by atoms with Crippen LogP contribution in [-0.4, -0.2) is 42.2 Å². The smallest absolute Gasteiger partial charge is 0.251 e. The van der Waals surface area contributed by atoms with Crippen molar-refractivity contribution >= 4 is 40.7 Å². The fraction of sp³-hybridized carbons (Fsp3) is 0.391. The largest absolute Gasteiger partial charge is 0.350 e. The number of hydrogen-bond acceptors (Lipinski definition) is 4. The SMILES string of the molecule is CCC1=Nc2cc(C(=O)NCC3CCCN3CC)ccc2Sc2ccc(Cl)cc21. The van der Waals surface area contributed by atoms with Gasteiger partial charge in [-0.2, -0.15) is 0 Å². The molecule has 2 aliphatic rings. The average Bonchev–Trinajstić information content (AvgIpc) is 3.13. The minimum Gasteiger partial charge on any atom is -0.350 e. The third-order valence-electron chi connectivity index (χ3n) is 5.69. The monoisotopic (exact) mass is 427 g/mol. The summed E-state index contributed by atoms with van der Waals surface area (Å²) in [6.07, 6.45) is 3.17. The van der Waals surface area contributed by atoms with Gasteiger partial charge in [-0.15, -0.1) is 0 Å². The van der Waals surface area contributed by atoms with Gasteiger partial charge in [0.2, 0.25) is 0 Å². The van der Waals surface area contributed by atoms with E-state index in [-0.39, 0.29) is 5.91 Å². The molecule has 1 N–H and O–H groups in total. The lowest BCUT2D eigenvalue weighted by atomic mass is 10.1. The Morgan fingerprint density at radius 1 is 1.24 bits per heavy atom. The van der Waals surface area contributed by atoms with Crippen LogP contribution in [0.4, 0.5) is 5.69 Å². The Kier molecular flexibility index (Phi) is 6.28. The molecule has 6 heteroatoms. The van der Waals surface area contributed by atoms with Crippen LogP contribution in [0.15, 0.2) is 51.2 Å². The predicted molar refractivity (Wildman–Crippen MR) is 121 cm³/mol. The number of halogens is 1. The summed E-state index contributed by atoms with van der Waals surface area (Å²) >= 11 is 7.90. The number of aliphatic imine (C=N–C) groups is 1. The molecule has 2 aliphatic heterocycles. The molecular weight excluding hydrogens is 402 g/mol. The van der Waals surface area contributed by atoms with Gasteiger partial charge in [0, 0.05) is 44.2 Å². The molecule has 152 valence electrons. The minimum absolute atomic E-state index is 0.0289. The Morgan fingerprint density at radius 3 is 2.86 bits per heavy atom. The lowest BCUT2D eigenvalue weighted by Crippen LogP contribution is -2.40. The van der Waals surface area contributed by atoms with Crippen LogP contribution in [0.5, 0.6) is 0 Å². The predicted octanol–water partition coefficient (Wildman–Crippen LogP) is 5.55. The summed E-state index contributed by atoms with van der Waals surface area (Å²) in [4.78, 5) is 22.3. The van der Waals surface area contributed by atoms with E-state index < -0.39 is 0 Å². The third-order valence-corrected chi connectivity index (χ3v) is 7.06. The first-order valence-electron chi connectivity index (χ1n) is 10.3. The maximum Gasteiger partial charge on any atom is 0.251 e. The van der Waals surface area contributed by atoms with Crippen molar-refractivity contribution in [1.82, 2.24) is 10.2 Å². The molecule has 0 bridgehead atoms. The van der Waals surface area contributed by atoms with Crippen LogP contribution in [0, 0.1) is 0 Å². The van der Waals surface area contributed by atoms with Crippen LogP contribution in [0.25, 0.3) is 0 Å². The number of benzene rings is 2. The van der Waals surface area contributed by atoms with E-state index in [0.29, 0.717) is 23.2 Å². The third kappa shape index (κ3) is 4.37. The quantitative estimate of drug-likeness (QED) is 0.680. The molecule has 2 aromatic carbocycles. The van der Waals surface area contributed by atoms with E-state index in [0.717, 1.165) is 52.7 Å². The number of rotatable bonds is 5. The Hall–Kier alpha value is -1.82. The fourth-order valence-corrected chi connectivity index (χ4v) is 5.27. The van der Waals surface area contributed by atoms with Crippen molar-refractivity contribution in [2.24, 2.45) is 4.99 Å². The Bertz CT molecular complexity index is 959. The van der Waals surface area contributed by atoms with Gasteiger partial charge in [-0.3, -0.25) is 14.7 Å². The maximum atomic E-state index is 12.8. The van der Waals surface area contributed by atoms with Crippen molar-refractivity contribution in [3.63, 3.8) is 0 Å². The van der Waals surface area contributed by atoms with Gasteiger partial charge >= 0.3 is 0 Å². The Labute approximate surface area is 181 Å². The number of amides is 1. The van der Waals surface area contributed by atoms with Crippen LogP contribution in [0.1, 0.15) is 49.0 Å². The van der Waals surface area contributed by atoms with Crippen LogP contribution in [0.2, 0.25) is 5.02 Å². The van der Waals surface area contributed by atoms with E-state index in [1.165, 1.54) is 6.42 Å². The topological polar surface area (TPSA) is 44.7 Å². The first-order valence-corrected chi connectivity index (χ1v) is 11.5. The molecule has 0 aromatic heterocycles. The second-order valence-corrected chi connectivity index (χ2v) is 8.99. The van der Waals surface area contributed by atoms with Crippen molar-refractivity contribution in [3.05, 3.63) is 52.5 Å². The zero-order valence-electron chi connectivity index (χ0n) is 16.9. The normalized spacial score (nSPS) is 18.6. The summed E-state index contributed by atoms with van der Waals surface area (Å²) in [6.45, 7) is 7.14. The second kappa shape index (κ2) is 8.90. The van der Waals surface area contributed by atoms with Gasteiger partial charge < -0.3 is 5.32 Å². The Balaban J connectivity index is 1.56. The van der Waals surface area contributed by atoms with E-state index in [4.69, 9.17) is 16.6 Å². The highest BCUT2D eigenvalue weighted by atomic mass is 35.5. The van der Waals surface area contributed by atoms with Crippen molar-refractivity contribution in [1.29, 1.82) is 0 Å². The minimum atomic E-state index is -0.0289. The lowest BCUT2D eigenvalue weighted by Gasteiger charge is -2.22. The van der Waals surface area contributed by atoms with Crippen LogP contribution < -0.4 is 5.32 Å². The van der Waals surface area contributed by atoms with Gasteiger partial charge in [0.1, 0.15) is 0 Å². The zero-order valence-corrected chi connectivity index (χ0v) is 18.4. The highest BCUT2D eigenvalue weighted by Crippen LogP contribution is 2.41. The molecule has 1 unspecified atom stereocenters. The molecule has 0 aliphatic carbocycles. The molecule has 0 radical (unpaired) electrons. The molecule has 2 aromatic rings. The van der Waals surface area contributed by atoms with E-state index in [2.05, 4.69) is 24.1 Å². The van der Waals surface area contributed by atoms with Crippen molar-refractivity contribution in [3.8, 4) is 0 Å². The number of likely N-dealkylation sites (N-methyl/N-ethyl adjacent to an activating group) is 1. The van der Waals surface area contributed by atoms with Crippen molar-refractivity contribution < 1.29 is 4.79 Å². The Morgan fingerprint density at radius 2 is 2.07 bits per heavy atom. The van der Waals surface area contributed by atoms with E-state index in [9.17, 15) is 4.79 Å². The zero-order chi connectivity index (χ0) is 20.4. The summed E-state index contributed by atoms with van der Waals surface area (Å²) in [7, 11) is 0. The second-order valence-electron chi connectivity index (χ2n) is 7.47. The molecule has 4 rings (SSSR count). The fourth-order valence-electron chi connectivity index (χ4n) is 4.10. The highest BCUT2D eigenvalue weighted by molar-refractivity contribution is 7.99. The van der Waals surface area contributed by atoms with Gasteiger partial charge in [0.05, 0.1) is 5.69 Å². The summed E-state index contributed by atoms with van der Waals surface area (Å²) < 4.78 is 0. The van der Waals surface area contributed by atoms with Crippen LogP contribution in [-0.2, 0) is 0 Å². The summed E-state index contributed by atoms with van der Waals surface area (Å²) in [5.41, 5.74) is 3.58. The van der Waals surface area contributed by atoms with Gasteiger partial charge in [0.25, 0.3) is 5.91 Å². The number of nitrogens with one attached hydrogen (secondary N) is 1. The average molecular weight is 428 g/mol. The number of fused-ring (bicyclic) bond motifs is 2.